The van der Waals surface area contributed by atoms with Gasteiger partial charge < -0.3 is 9.84 Å². The summed E-state index contributed by atoms with van der Waals surface area (Å²) in [7, 11) is 1.68. The Hall–Kier alpha value is -0.860. The molecule has 1 N–H and O–H groups in total. The normalized spacial score (nSPS) is 19.6. The van der Waals surface area contributed by atoms with Gasteiger partial charge in [-0.15, -0.1) is 0 Å². The summed E-state index contributed by atoms with van der Waals surface area (Å²) in [6.07, 6.45) is 3.16. The van der Waals surface area contributed by atoms with Gasteiger partial charge in [0, 0.05) is 7.11 Å². The van der Waals surface area contributed by atoms with Crippen LogP contribution in [0.5, 0.6) is 0 Å². The molecule has 1 aromatic rings. The zero-order chi connectivity index (χ0) is 13.1. The molecule has 1 aliphatic carbocycles. The molecule has 0 aliphatic heterocycles. The molecule has 0 saturated heterocycles. The van der Waals surface area contributed by atoms with Crippen molar-refractivity contribution in [1.82, 2.24) is 0 Å². The van der Waals surface area contributed by atoms with Crippen LogP contribution in [0, 0.1) is 5.92 Å². The maximum atomic E-state index is 10.6. The molecule has 2 unspecified atom stereocenters. The van der Waals surface area contributed by atoms with Gasteiger partial charge in [-0.05, 0) is 35.8 Å². The van der Waals surface area contributed by atoms with Gasteiger partial charge in [0.05, 0.1) is 6.10 Å². The molecule has 2 heteroatoms. The Labute approximate surface area is 110 Å². The van der Waals surface area contributed by atoms with Crippen molar-refractivity contribution < 1.29 is 9.84 Å². The number of benzene rings is 1. The average Bonchev–Trinajstić information content (AvgIpc) is 2.27. The highest BCUT2D eigenvalue weighted by Gasteiger charge is 2.29. The third-order valence-corrected chi connectivity index (χ3v) is 4.10. The van der Waals surface area contributed by atoms with Gasteiger partial charge in [-0.1, -0.05) is 44.5 Å². The molecule has 100 valence electrons. The Morgan fingerprint density at radius 1 is 1.22 bits per heavy atom. The number of rotatable bonds is 5. The van der Waals surface area contributed by atoms with Crippen LogP contribution in [0.3, 0.4) is 0 Å². The largest absolute Gasteiger partial charge is 0.386 e. The van der Waals surface area contributed by atoms with E-state index in [1.54, 1.807) is 7.11 Å². The molecule has 1 fully saturated rings. The highest BCUT2D eigenvalue weighted by molar-refractivity contribution is 5.34. The molecule has 1 aliphatic rings. The van der Waals surface area contributed by atoms with E-state index >= 15 is 0 Å². The maximum Gasteiger partial charge on any atom is 0.106 e. The van der Waals surface area contributed by atoms with E-state index in [2.05, 4.69) is 26.0 Å². The lowest BCUT2D eigenvalue weighted by Crippen LogP contribution is -2.28. The van der Waals surface area contributed by atoms with E-state index in [0.717, 1.165) is 5.56 Å². The van der Waals surface area contributed by atoms with Crippen molar-refractivity contribution in [2.75, 3.05) is 7.11 Å². The number of hydrogen-bond acceptors (Lipinski definition) is 2. The van der Waals surface area contributed by atoms with Crippen molar-refractivity contribution in [1.29, 1.82) is 0 Å². The maximum absolute atomic E-state index is 10.6. The molecule has 0 bridgehead atoms. The van der Waals surface area contributed by atoms with E-state index in [-0.39, 0.29) is 6.10 Å². The Morgan fingerprint density at radius 2 is 1.89 bits per heavy atom. The summed E-state index contributed by atoms with van der Waals surface area (Å²) >= 11 is 0. The molecule has 0 aromatic heterocycles. The fraction of sp³-hybridized carbons (Fsp3) is 0.625. The molecule has 2 rings (SSSR count). The molecule has 0 radical (unpaired) electrons. The second kappa shape index (κ2) is 5.85. The fourth-order valence-electron chi connectivity index (χ4n) is 2.81. The van der Waals surface area contributed by atoms with Crippen LogP contribution < -0.4 is 0 Å². The lowest BCUT2D eigenvalue weighted by atomic mass is 9.76. The number of aliphatic hydroxyl groups is 1. The molecule has 2 atom stereocenters. The van der Waals surface area contributed by atoms with E-state index in [0.29, 0.717) is 11.8 Å². The first-order chi connectivity index (χ1) is 8.65. The van der Waals surface area contributed by atoms with Crippen LogP contribution in [0.2, 0.25) is 0 Å². The fourth-order valence-corrected chi connectivity index (χ4v) is 2.81. The Morgan fingerprint density at radius 3 is 2.39 bits per heavy atom. The third-order valence-electron chi connectivity index (χ3n) is 4.10. The van der Waals surface area contributed by atoms with Gasteiger partial charge in [0.15, 0.2) is 0 Å². The van der Waals surface area contributed by atoms with Gasteiger partial charge in [-0.25, -0.2) is 0 Å². The van der Waals surface area contributed by atoms with Crippen LogP contribution in [-0.4, -0.2) is 18.3 Å². The Balaban J connectivity index is 2.25. The molecule has 2 nitrogen and oxygen atoms in total. The highest BCUT2D eigenvalue weighted by atomic mass is 16.5. The lowest BCUT2D eigenvalue weighted by Gasteiger charge is -2.32. The van der Waals surface area contributed by atoms with Gasteiger partial charge in [-0.3, -0.25) is 0 Å². The lowest BCUT2D eigenvalue weighted by molar-refractivity contribution is -0.0396. The SMILES string of the molecule is COC(C(C)C)C(O)c1ccccc1C1CCC1. The van der Waals surface area contributed by atoms with Crippen molar-refractivity contribution in [3.8, 4) is 0 Å². The summed E-state index contributed by atoms with van der Waals surface area (Å²) in [4.78, 5) is 0. The van der Waals surface area contributed by atoms with E-state index in [4.69, 9.17) is 4.74 Å². The number of hydrogen-bond donors (Lipinski definition) is 1. The van der Waals surface area contributed by atoms with Crippen molar-refractivity contribution in [2.45, 2.75) is 51.2 Å². The molecule has 18 heavy (non-hydrogen) atoms. The summed E-state index contributed by atoms with van der Waals surface area (Å²) in [6.45, 7) is 4.17. The monoisotopic (exact) mass is 248 g/mol. The molecule has 0 heterocycles. The van der Waals surface area contributed by atoms with E-state index < -0.39 is 6.10 Å². The molecular formula is C16H24O2. The third kappa shape index (κ3) is 2.60. The van der Waals surface area contributed by atoms with Gasteiger partial charge in [0.2, 0.25) is 0 Å². The Kier molecular flexibility index (Phi) is 4.41. The first-order valence-electron chi connectivity index (χ1n) is 6.94. The molecular weight excluding hydrogens is 224 g/mol. The van der Waals surface area contributed by atoms with E-state index in [1.165, 1.54) is 24.8 Å². The Bertz CT molecular complexity index is 382. The second-order valence-corrected chi connectivity index (χ2v) is 5.65. The standard InChI is InChI=1S/C16H24O2/c1-11(2)16(18-3)15(17)14-10-5-4-9-13(14)12-7-6-8-12/h4-5,9-12,15-17H,6-8H2,1-3H3. The minimum atomic E-state index is -0.521. The van der Waals surface area contributed by atoms with E-state index in [9.17, 15) is 5.11 Å². The first kappa shape index (κ1) is 13.6. The molecule has 1 saturated carbocycles. The minimum Gasteiger partial charge on any atom is -0.386 e. The van der Waals surface area contributed by atoms with Gasteiger partial charge in [-0.2, -0.15) is 0 Å². The summed E-state index contributed by atoms with van der Waals surface area (Å²) in [5, 5.41) is 10.6. The highest BCUT2D eigenvalue weighted by Crippen LogP contribution is 2.40. The van der Waals surface area contributed by atoms with Gasteiger partial charge in [0.1, 0.15) is 6.10 Å². The van der Waals surface area contributed by atoms with Crippen molar-refractivity contribution in [3.05, 3.63) is 35.4 Å². The van der Waals surface area contributed by atoms with Gasteiger partial charge in [0.25, 0.3) is 0 Å². The zero-order valence-electron chi connectivity index (χ0n) is 11.6. The summed E-state index contributed by atoms with van der Waals surface area (Å²) in [6, 6.07) is 8.29. The van der Waals surface area contributed by atoms with E-state index in [1.807, 2.05) is 12.1 Å². The van der Waals surface area contributed by atoms with Gasteiger partial charge >= 0.3 is 0 Å². The van der Waals surface area contributed by atoms with Crippen LogP contribution in [0.1, 0.15) is 56.3 Å². The van der Waals surface area contributed by atoms with Crippen molar-refractivity contribution in [2.24, 2.45) is 5.92 Å². The van der Waals surface area contributed by atoms with Crippen LogP contribution in [0.4, 0.5) is 0 Å². The molecule has 1 aromatic carbocycles. The summed E-state index contributed by atoms with van der Waals surface area (Å²) in [5.41, 5.74) is 2.38. The molecule has 0 amide bonds. The quantitative estimate of drug-likeness (QED) is 0.861. The van der Waals surface area contributed by atoms with Crippen LogP contribution >= 0.6 is 0 Å². The number of aliphatic hydroxyl groups excluding tert-OH is 1. The van der Waals surface area contributed by atoms with Crippen LogP contribution in [-0.2, 0) is 4.74 Å². The van der Waals surface area contributed by atoms with Crippen LogP contribution in [0.15, 0.2) is 24.3 Å². The average molecular weight is 248 g/mol. The number of ether oxygens (including phenoxy) is 1. The predicted molar refractivity (Wildman–Crippen MR) is 73.6 cm³/mol. The van der Waals surface area contributed by atoms with Crippen molar-refractivity contribution >= 4 is 0 Å². The smallest absolute Gasteiger partial charge is 0.106 e. The van der Waals surface area contributed by atoms with Crippen molar-refractivity contribution in [3.63, 3.8) is 0 Å². The predicted octanol–water partition coefficient (Wildman–Crippen LogP) is 3.66. The second-order valence-electron chi connectivity index (χ2n) is 5.65. The minimum absolute atomic E-state index is 0.133. The number of methoxy groups -OCH3 is 1. The van der Waals surface area contributed by atoms with Crippen LogP contribution in [0.25, 0.3) is 0 Å². The first-order valence-corrected chi connectivity index (χ1v) is 6.94. The zero-order valence-corrected chi connectivity index (χ0v) is 11.6. The molecule has 0 spiro atoms. The summed E-state index contributed by atoms with van der Waals surface area (Å²) < 4.78 is 5.46. The summed E-state index contributed by atoms with van der Waals surface area (Å²) in [5.74, 6) is 0.944. The topological polar surface area (TPSA) is 29.5 Å².